The molecule has 1 heterocycles. The van der Waals surface area contributed by atoms with Crippen LogP contribution >= 0.6 is 23.2 Å². The van der Waals surface area contributed by atoms with Crippen molar-refractivity contribution in [3.05, 3.63) is 63.6 Å². The molecule has 1 aliphatic heterocycles. The number of rotatable bonds is 7. The summed E-state index contributed by atoms with van der Waals surface area (Å²) in [6, 6.07) is 13.0. The van der Waals surface area contributed by atoms with Gasteiger partial charge in [0.2, 0.25) is 0 Å². The third kappa shape index (κ3) is 6.11. The molecule has 0 saturated carbocycles. The minimum absolute atomic E-state index is 0.118. The minimum Gasteiger partial charge on any atom is -0.482 e. The van der Waals surface area contributed by atoms with Crippen LogP contribution in [0.3, 0.4) is 0 Å². The highest BCUT2D eigenvalue weighted by Gasteiger charge is 2.20. The van der Waals surface area contributed by atoms with Gasteiger partial charge in [-0.2, -0.15) is 0 Å². The maximum absolute atomic E-state index is 12.5. The number of morpholine rings is 1. The first-order chi connectivity index (χ1) is 13.5. The van der Waals surface area contributed by atoms with E-state index in [-0.39, 0.29) is 18.6 Å². The third-order valence-electron chi connectivity index (χ3n) is 4.61. The Labute approximate surface area is 175 Å². The lowest BCUT2D eigenvalue weighted by molar-refractivity contribution is -0.124. The molecule has 2 aromatic carbocycles. The Bertz CT molecular complexity index is 793. The quantitative estimate of drug-likeness (QED) is 0.735. The third-order valence-corrected chi connectivity index (χ3v) is 5.14. The molecule has 0 radical (unpaired) electrons. The van der Waals surface area contributed by atoms with Crippen molar-refractivity contribution in [1.29, 1.82) is 0 Å². The summed E-state index contributed by atoms with van der Waals surface area (Å²) < 4.78 is 11.0. The monoisotopic (exact) mass is 422 g/mol. The lowest BCUT2D eigenvalue weighted by atomic mass is 10.0. The average Bonchev–Trinajstić information content (AvgIpc) is 2.68. The number of nitrogens with one attached hydrogen (secondary N) is 1. The van der Waals surface area contributed by atoms with Gasteiger partial charge in [0.15, 0.2) is 6.61 Å². The van der Waals surface area contributed by atoms with Gasteiger partial charge in [0.25, 0.3) is 5.91 Å². The van der Waals surface area contributed by atoms with Crippen LogP contribution in [-0.2, 0) is 9.53 Å². The largest absolute Gasteiger partial charge is 0.482 e. The predicted octanol–water partition coefficient (Wildman–Crippen LogP) is 3.87. The Morgan fingerprint density at radius 3 is 2.57 bits per heavy atom. The van der Waals surface area contributed by atoms with E-state index in [0.717, 1.165) is 25.2 Å². The summed E-state index contributed by atoms with van der Waals surface area (Å²) in [5.41, 5.74) is 2.25. The van der Waals surface area contributed by atoms with E-state index < -0.39 is 0 Å². The molecule has 3 rings (SSSR count). The number of aryl methyl sites for hydroxylation is 1. The molecule has 1 amide bonds. The van der Waals surface area contributed by atoms with Gasteiger partial charge in [0.1, 0.15) is 5.75 Å². The second-order valence-corrected chi connectivity index (χ2v) is 7.65. The molecule has 28 heavy (non-hydrogen) atoms. The van der Waals surface area contributed by atoms with Crippen molar-refractivity contribution in [2.75, 3.05) is 39.5 Å². The number of hydrogen-bond donors (Lipinski definition) is 1. The zero-order valence-electron chi connectivity index (χ0n) is 15.8. The van der Waals surface area contributed by atoms with E-state index >= 15 is 0 Å². The first kappa shape index (κ1) is 20.9. The van der Waals surface area contributed by atoms with Crippen LogP contribution in [0.2, 0.25) is 10.0 Å². The van der Waals surface area contributed by atoms with Crippen LogP contribution in [0, 0.1) is 6.92 Å². The van der Waals surface area contributed by atoms with Crippen LogP contribution in [0.15, 0.2) is 42.5 Å². The number of benzene rings is 2. The Kier molecular flexibility index (Phi) is 7.57. The van der Waals surface area contributed by atoms with Gasteiger partial charge in [-0.15, -0.1) is 0 Å². The SMILES string of the molecule is Cc1ccc(C(CN2CCOCC2)NC(=O)COc2ccc(Cl)cc2Cl)cc1. The van der Waals surface area contributed by atoms with Crippen LogP contribution in [0.1, 0.15) is 17.2 Å². The predicted molar refractivity (Wildman–Crippen MR) is 111 cm³/mol. The van der Waals surface area contributed by atoms with Gasteiger partial charge < -0.3 is 14.8 Å². The molecule has 1 fully saturated rings. The number of amides is 1. The highest BCUT2D eigenvalue weighted by Crippen LogP contribution is 2.27. The van der Waals surface area contributed by atoms with E-state index in [1.807, 2.05) is 6.92 Å². The van der Waals surface area contributed by atoms with Gasteiger partial charge in [-0.3, -0.25) is 9.69 Å². The summed E-state index contributed by atoms with van der Waals surface area (Å²) in [5.74, 6) is 0.228. The van der Waals surface area contributed by atoms with Crippen LogP contribution in [0.25, 0.3) is 0 Å². The van der Waals surface area contributed by atoms with Gasteiger partial charge >= 0.3 is 0 Å². The summed E-state index contributed by atoms with van der Waals surface area (Å²) in [7, 11) is 0. The average molecular weight is 423 g/mol. The van der Waals surface area contributed by atoms with Crippen molar-refractivity contribution >= 4 is 29.1 Å². The lowest BCUT2D eigenvalue weighted by Gasteiger charge is -2.31. The van der Waals surface area contributed by atoms with E-state index in [9.17, 15) is 4.79 Å². The maximum Gasteiger partial charge on any atom is 0.258 e. The highest BCUT2D eigenvalue weighted by molar-refractivity contribution is 6.35. The number of carbonyl (C=O) groups is 1. The molecule has 1 saturated heterocycles. The topological polar surface area (TPSA) is 50.8 Å². The molecule has 1 N–H and O–H groups in total. The molecule has 0 aromatic heterocycles. The van der Waals surface area contributed by atoms with E-state index in [1.165, 1.54) is 5.56 Å². The molecule has 2 aromatic rings. The fourth-order valence-electron chi connectivity index (χ4n) is 3.05. The molecule has 7 heteroatoms. The van der Waals surface area contributed by atoms with Crippen molar-refractivity contribution in [1.82, 2.24) is 10.2 Å². The second-order valence-electron chi connectivity index (χ2n) is 6.81. The van der Waals surface area contributed by atoms with E-state index in [1.54, 1.807) is 18.2 Å². The first-order valence-electron chi connectivity index (χ1n) is 9.25. The Morgan fingerprint density at radius 2 is 1.89 bits per heavy atom. The number of ether oxygens (including phenoxy) is 2. The van der Waals surface area contributed by atoms with Crippen LogP contribution < -0.4 is 10.1 Å². The van der Waals surface area contributed by atoms with E-state index in [0.29, 0.717) is 29.0 Å². The van der Waals surface area contributed by atoms with Gasteiger partial charge in [-0.1, -0.05) is 53.0 Å². The van der Waals surface area contributed by atoms with Crippen molar-refractivity contribution in [2.45, 2.75) is 13.0 Å². The van der Waals surface area contributed by atoms with Crippen LogP contribution in [0.4, 0.5) is 0 Å². The zero-order valence-corrected chi connectivity index (χ0v) is 17.3. The first-order valence-corrected chi connectivity index (χ1v) is 10.0. The highest BCUT2D eigenvalue weighted by atomic mass is 35.5. The summed E-state index contributed by atoms with van der Waals surface area (Å²) in [4.78, 5) is 14.8. The zero-order chi connectivity index (χ0) is 19.9. The summed E-state index contributed by atoms with van der Waals surface area (Å²) in [5, 5.41) is 3.98. The van der Waals surface area contributed by atoms with Crippen molar-refractivity contribution < 1.29 is 14.3 Å². The molecular weight excluding hydrogens is 399 g/mol. The van der Waals surface area contributed by atoms with Gasteiger partial charge in [0, 0.05) is 24.7 Å². The Morgan fingerprint density at radius 1 is 1.18 bits per heavy atom. The number of halogens is 2. The standard InChI is InChI=1S/C21H24Cl2N2O3/c1-15-2-4-16(5-3-15)19(13-25-8-10-27-11-9-25)24-21(26)14-28-20-7-6-17(22)12-18(20)23/h2-7,12,19H,8-11,13-14H2,1H3,(H,24,26). The molecule has 150 valence electrons. The van der Waals surface area contributed by atoms with Gasteiger partial charge in [0.05, 0.1) is 24.3 Å². The summed E-state index contributed by atoms with van der Waals surface area (Å²) >= 11 is 12.0. The summed E-state index contributed by atoms with van der Waals surface area (Å²) in [6.07, 6.45) is 0. The molecule has 0 spiro atoms. The van der Waals surface area contributed by atoms with Crippen molar-refractivity contribution in [3.63, 3.8) is 0 Å². The molecule has 1 aliphatic rings. The molecule has 5 nitrogen and oxygen atoms in total. The van der Waals surface area contributed by atoms with E-state index in [4.69, 9.17) is 32.7 Å². The van der Waals surface area contributed by atoms with Crippen LogP contribution in [-0.4, -0.2) is 50.3 Å². The second kappa shape index (κ2) is 10.1. The van der Waals surface area contributed by atoms with Crippen molar-refractivity contribution in [2.24, 2.45) is 0 Å². The van der Waals surface area contributed by atoms with E-state index in [2.05, 4.69) is 34.5 Å². The maximum atomic E-state index is 12.5. The van der Waals surface area contributed by atoms with Crippen molar-refractivity contribution in [3.8, 4) is 5.75 Å². The molecule has 0 bridgehead atoms. The number of nitrogens with zero attached hydrogens (tertiary/aromatic N) is 1. The summed E-state index contributed by atoms with van der Waals surface area (Å²) in [6.45, 7) is 5.79. The fourth-order valence-corrected chi connectivity index (χ4v) is 3.51. The normalized spacial score (nSPS) is 15.8. The Balaban J connectivity index is 1.63. The van der Waals surface area contributed by atoms with Gasteiger partial charge in [-0.25, -0.2) is 0 Å². The Hall–Kier alpha value is -1.79. The number of hydrogen-bond acceptors (Lipinski definition) is 4. The van der Waals surface area contributed by atoms with Gasteiger partial charge in [-0.05, 0) is 30.7 Å². The molecule has 1 atom stereocenters. The lowest BCUT2D eigenvalue weighted by Crippen LogP contribution is -2.44. The molecule has 0 aliphatic carbocycles. The molecule has 1 unspecified atom stereocenters. The number of carbonyl (C=O) groups excluding carboxylic acids is 1. The smallest absolute Gasteiger partial charge is 0.258 e. The fraction of sp³-hybridized carbons (Fsp3) is 0.381. The minimum atomic E-state index is -0.204. The molecular formula is C21H24Cl2N2O3. The van der Waals surface area contributed by atoms with Crippen LogP contribution in [0.5, 0.6) is 5.75 Å².